The summed E-state index contributed by atoms with van der Waals surface area (Å²) in [6, 6.07) is 7.70. The van der Waals surface area contributed by atoms with Crippen LogP contribution < -0.4 is 0 Å². The number of carbonyl (C=O) groups is 2. The van der Waals surface area contributed by atoms with Crippen molar-refractivity contribution >= 4 is 22.2 Å². The van der Waals surface area contributed by atoms with Gasteiger partial charge in [-0.1, -0.05) is 29.8 Å². The molecule has 0 saturated heterocycles. The molecule has 0 bridgehead atoms. The summed E-state index contributed by atoms with van der Waals surface area (Å²) in [5, 5.41) is 8.80. The summed E-state index contributed by atoms with van der Waals surface area (Å²) in [6.07, 6.45) is 0.934. The maximum atomic E-state index is 11.6. The van der Waals surface area contributed by atoms with Crippen molar-refractivity contribution in [3.63, 3.8) is 0 Å². The fraction of sp³-hybridized carbons (Fsp3) is 0.231. The summed E-state index contributed by atoms with van der Waals surface area (Å²) in [5.41, 5.74) is 2.06. The number of carboxylic acids is 1. The van der Waals surface area contributed by atoms with Gasteiger partial charge >= 0.3 is 11.9 Å². The molecule has 0 heterocycles. The molecule has 18 heavy (non-hydrogen) atoms. The van der Waals surface area contributed by atoms with Crippen LogP contribution in [0, 0.1) is 6.92 Å². The molecular weight excluding hydrogens is 248 g/mol. The molecule has 0 aliphatic carbocycles. The van der Waals surface area contributed by atoms with Gasteiger partial charge in [-0.3, -0.25) is 0 Å². The van der Waals surface area contributed by atoms with Crippen molar-refractivity contribution in [3.05, 3.63) is 47.0 Å². The predicted molar refractivity (Wildman–Crippen MR) is 71.6 cm³/mol. The normalized spacial score (nSPS) is 13.1. The molecule has 0 aromatic heterocycles. The number of hydrogen-bond acceptors (Lipinski definition) is 3. The highest BCUT2D eigenvalue weighted by molar-refractivity contribution is 6.19. The van der Waals surface area contributed by atoms with Crippen LogP contribution in [0.2, 0.25) is 0 Å². The minimum atomic E-state index is -1.14. The predicted octanol–water partition coefficient (Wildman–Crippen LogP) is 0.586. The van der Waals surface area contributed by atoms with Gasteiger partial charge in [0.25, 0.3) is 0 Å². The number of carbonyl (C=O) groups excluding carboxylic acids is 1. The third-order valence-corrected chi connectivity index (χ3v) is 4.03. The van der Waals surface area contributed by atoms with Crippen molar-refractivity contribution in [2.45, 2.75) is 12.5 Å². The van der Waals surface area contributed by atoms with Crippen molar-refractivity contribution in [2.75, 3.05) is 7.11 Å². The van der Waals surface area contributed by atoms with E-state index in [9.17, 15) is 9.59 Å². The van der Waals surface area contributed by atoms with E-state index in [2.05, 4.69) is 4.74 Å². The minimum Gasteiger partial charge on any atom is -0.478 e. The van der Waals surface area contributed by atoms with E-state index in [1.807, 2.05) is 31.2 Å². The van der Waals surface area contributed by atoms with Crippen LogP contribution in [0.15, 0.2) is 35.9 Å². The number of benzene rings is 1. The molecule has 0 aliphatic rings. The van der Waals surface area contributed by atoms with Gasteiger partial charge in [0.1, 0.15) is 0 Å². The summed E-state index contributed by atoms with van der Waals surface area (Å²) < 4.78 is 4.63. The Morgan fingerprint density at radius 2 is 1.89 bits per heavy atom. The molecule has 0 amide bonds. The average molecular weight is 264 g/mol. The molecule has 1 unspecified atom stereocenters. The van der Waals surface area contributed by atoms with E-state index in [4.69, 9.17) is 5.11 Å². The van der Waals surface area contributed by atoms with Gasteiger partial charge in [-0.2, -0.15) is 0 Å². The zero-order valence-electron chi connectivity index (χ0n) is 10.6. The van der Waals surface area contributed by atoms with Gasteiger partial charge in [-0.15, -0.1) is 0 Å². The van der Waals surface area contributed by atoms with Crippen LogP contribution in [0.25, 0.3) is 0 Å². The number of carboxylic acid groups (broad SMARTS) is 1. The fourth-order valence-corrected chi connectivity index (χ4v) is 2.43. The second-order valence-corrected chi connectivity index (χ2v) is 5.22. The zero-order valence-corrected chi connectivity index (χ0v) is 12.6. The Bertz CT molecular complexity index is 476. The molecule has 1 aromatic rings. The van der Waals surface area contributed by atoms with Crippen LogP contribution in [-0.2, 0) is 14.3 Å². The van der Waals surface area contributed by atoms with E-state index < -0.39 is 11.9 Å². The first-order valence-electron chi connectivity index (χ1n) is 5.55. The molecule has 5 heteroatoms. The summed E-state index contributed by atoms with van der Waals surface area (Å²) in [5.74, 6) is -1.72. The second-order valence-electron chi connectivity index (χ2n) is 4.06. The van der Waals surface area contributed by atoms with Crippen LogP contribution in [-0.4, -0.2) is 34.4 Å². The monoisotopic (exact) mass is 264 g/mol. The number of methoxy groups -OCH3 is 1. The highest BCUT2D eigenvalue weighted by Gasteiger charge is 2.20. The Hall–Kier alpha value is -1.88. The molecule has 0 saturated carbocycles. The maximum absolute atomic E-state index is 11.6. The average Bonchev–Trinajstić information content (AvgIpc) is 2.35. The van der Waals surface area contributed by atoms with Crippen LogP contribution in [0.3, 0.4) is 0 Å². The summed E-state index contributed by atoms with van der Waals surface area (Å²) in [7, 11) is 1.88. The SMILES string of the molecule is COC(=O)/C(=C\C(=O)O)C([SiH3])c1ccc(C)cc1. The first-order valence-corrected chi connectivity index (χ1v) is 6.70. The molecule has 0 radical (unpaired) electrons. The Morgan fingerprint density at radius 3 is 2.33 bits per heavy atom. The van der Waals surface area contributed by atoms with Gasteiger partial charge in [0.15, 0.2) is 0 Å². The van der Waals surface area contributed by atoms with Crippen molar-refractivity contribution < 1.29 is 19.4 Å². The lowest BCUT2D eigenvalue weighted by molar-refractivity contribution is -0.137. The quantitative estimate of drug-likeness (QED) is 0.491. The molecule has 0 spiro atoms. The lowest BCUT2D eigenvalue weighted by Gasteiger charge is -2.14. The highest BCUT2D eigenvalue weighted by atomic mass is 28.1. The maximum Gasteiger partial charge on any atom is 0.334 e. The third-order valence-electron chi connectivity index (χ3n) is 2.74. The standard InChI is InChI=1S/C13H16O4Si/c1-8-3-5-9(6-4-8)12(18)10(7-11(14)15)13(16)17-2/h3-7,12H,1-2,18H3,(H,14,15)/b10-7-. The van der Waals surface area contributed by atoms with E-state index in [-0.39, 0.29) is 11.1 Å². The summed E-state index contributed by atoms with van der Waals surface area (Å²) >= 11 is 0. The molecular formula is C13H16O4Si. The number of esters is 1. The third kappa shape index (κ3) is 3.56. The smallest absolute Gasteiger partial charge is 0.334 e. The molecule has 1 rings (SSSR count). The number of aryl methyl sites for hydroxylation is 1. The Labute approximate surface area is 109 Å². The van der Waals surface area contributed by atoms with Gasteiger partial charge in [0, 0.05) is 27.4 Å². The first-order chi connectivity index (χ1) is 8.45. The molecule has 1 aromatic carbocycles. The van der Waals surface area contributed by atoms with Crippen molar-refractivity contribution in [3.8, 4) is 0 Å². The first kappa shape index (κ1) is 14.2. The zero-order chi connectivity index (χ0) is 13.7. The van der Waals surface area contributed by atoms with Crippen molar-refractivity contribution in [2.24, 2.45) is 0 Å². The van der Waals surface area contributed by atoms with Crippen LogP contribution >= 0.6 is 0 Å². The van der Waals surface area contributed by atoms with Crippen molar-refractivity contribution in [1.29, 1.82) is 0 Å². The Kier molecular flexibility index (Phi) is 4.85. The molecule has 1 N–H and O–H groups in total. The fourth-order valence-electron chi connectivity index (χ4n) is 1.65. The number of ether oxygens (including phenoxy) is 1. The summed E-state index contributed by atoms with van der Waals surface area (Å²) in [6.45, 7) is 1.97. The highest BCUT2D eigenvalue weighted by Crippen LogP contribution is 2.22. The van der Waals surface area contributed by atoms with E-state index in [0.717, 1.165) is 17.2 Å². The number of hydrogen-bond donors (Lipinski definition) is 1. The topological polar surface area (TPSA) is 63.6 Å². The molecule has 0 aliphatic heterocycles. The largest absolute Gasteiger partial charge is 0.478 e. The minimum absolute atomic E-state index is 0.186. The van der Waals surface area contributed by atoms with E-state index >= 15 is 0 Å². The van der Waals surface area contributed by atoms with E-state index in [1.54, 1.807) is 0 Å². The number of aliphatic carboxylic acids is 1. The number of rotatable bonds is 4. The molecule has 0 fully saturated rings. The van der Waals surface area contributed by atoms with E-state index in [1.165, 1.54) is 7.11 Å². The van der Waals surface area contributed by atoms with Gasteiger partial charge in [0.2, 0.25) is 0 Å². The van der Waals surface area contributed by atoms with Gasteiger partial charge in [-0.05, 0) is 12.5 Å². The van der Waals surface area contributed by atoms with Gasteiger partial charge < -0.3 is 9.84 Å². The Morgan fingerprint density at radius 1 is 1.33 bits per heavy atom. The van der Waals surface area contributed by atoms with Gasteiger partial charge in [-0.25, -0.2) is 9.59 Å². The molecule has 96 valence electrons. The Balaban J connectivity index is 3.10. The van der Waals surface area contributed by atoms with Crippen LogP contribution in [0.4, 0.5) is 0 Å². The van der Waals surface area contributed by atoms with Gasteiger partial charge in [0.05, 0.1) is 7.11 Å². The van der Waals surface area contributed by atoms with Crippen molar-refractivity contribution in [1.82, 2.24) is 0 Å². The van der Waals surface area contributed by atoms with Crippen LogP contribution in [0.1, 0.15) is 16.7 Å². The molecule has 1 atom stereocenters. The lowest BCUT2D eigenvalue weighted by Crippen LogP contribution is -2.15. The molecule has 4 nitrogen and oxygen atoms in total. The second kappa shape index (κ2) is 6.16. The lowest BCUT2D eigenvalue weighted by atomic mass is 10.0. The van der Waals surface area contributed by atoms with E-state index in [0.29, 0.717) is 10.2 Å². The summed E-state index contributed by atoms with van der Waals surface area (Å²) in [4.78, 5) is 22.3. The van der Waals surface area contributed by atoms with Crippen LogP contribution in [0.5, 0.6) is 0 Å².